The Bertz CT molecular complexity index is 643. The van der Waals surface area contributed by atoms with E-state index < -0.39 is 0 Å². The van der Waals surface area contributed by atoms with Gasteiger partial charge in [0, 0.05) is 21.9 Å². The predicted molar refractivity (Wildman–Crippen MR) is 65.2 cm³/mol. The second-order valence-electron chi connectivity index (χ2n) is 3.81. The summed E-state index contributed by atoms with van der Waals surface area (Å²) in [4.78, 5) is 23.3. The first-order valence-corrected chi connectivity index (χ1v) is 5.25. The van der Waals surface area contributed by atoms with Crippen molar-refractivity contribution in [2.24, 2.45) is 0 Å². The molecule has 0 atom stereocenters. The standard InChI is InChI=1S/C14H8O2.N2/c15-13-5-6-14(16)12-8-10-4-2-1-3-9(10)7-11(12)13;1-2/h1-8H;. The van der Waals surface area contributed by atoms with Gasteiger partial charge in [0.15, 0.2) is 11.6 Å². The molecular formula is C14H8N2O2. The Kier molecular flexibility index (Phi) is 2.98. The van der Waals surface area contributed by atoms with Crippen molar-refractivity contribution in [3.05, 3.63) is 59.7 Å². The van der Waals surface area contributed by atoms with E-state index in [0.29, 0.717) is 11.1 Å². The summed E-state index contributed by atoms with van der Waals surface area (Å²) in [6.45, 7) is 0. The highest BCUT2D eigenvalue weighted by Crippen LogP contribution is 2.23. The highest BCUT2D eigenvalue weighted by molar-refractivity contribution is 6.23. The molecule has 0 aromatic heterocycles. The van der Waals surface area contributed by atoms with Gasteiger partial charge in [-0.25, -0.2) is 0 Å². The van der Waals surface area contributed by atoms with Gasteiger partial charge in [0.1, 0.15) is 0 Å². The van der Waals surface area contributed by atoms with Crippen molar-refractivity contribution in [3.8, 4) is 0 Å². The molecule has 2 aromatic carbocycles. The highest BCUT2D eigenvalue weighted by Gasteiger charge is 2.19. The molecule has 86 valence electrons. The summed E-state index contributed by atoms with van der Waals surface area (Å²) >= 11 is 0. The molecule has 1 aliphatic carbocycles. The van der Waals surface area contributed by atoms with Crippen molar-refractivity contribution < 1.29 is 9.59 Å². The smallest absolute Gasteiger partial charge is 0.186 e. The molecule has 0 aliphatic heterocycles. The van der Waals surface area contributed by atoms with E-state index in [1.54, 1.807) is 12.1 Å². The van der Waals surface area contributed by atoms with Crippen LogP contribution in [0.25, 0.3) is 10.8 Å². The van der Waals surface area contributed by atoms with Crippen molar-refractivity contribution in [2.45, 2.75) is 0 Å². The molecule has 2 aromatic rings. The molecule has 0 amide bonds. The van der Waals surface area contributed by atoms with Gasteiger partial charge in [-0.2, -0.15) is 0 Å². The van der Waals surface area contributed by atoms with Crippen LogP contribution in [0.4, 0.5) is 0 Å². The lowest BCUT2D eigenvalue weighted by Crippen LogP contribution is -2.11. The Balaban J connectivity index is 0.000000574. The van der Waals surface area contributed by atoms with Crippen LogP contribution in [0.2, 0.25) is 0 Å². The van der Waals surface area contributed by atoms with Gasteiger partial charge in [-0.05, 0) is 35.1 Å². The van der Waals surface area contributed by atoms with Crippen molar-refractivity contribution >= 4 is 22.3 Å². The number of rotatable bonds is 0. The number of fused-ring (bicyclic) bond motifs is 2. The molecule has 0 saturated heterocycles. The normalized spacial score (nSPS) is 12.8. The lowest BCUT2D eigenvalue weighted by atomic mass is 9.92. The molecule has 0 N–H and O–H groups in total. The van der Waals surface area contributed by atoms with Gasteiger partial charge >= 0.3 is 0 Å². The molecule has 0 saturated carbocycles. The average molecular weight is 236 g/mol. The number of hydrogen-bond acceptors (Lipinski definition) is 4. The third-order valence-corrected chi connectivity index (χ3v) is 2.80. The van der Waals surface area contributed by atoms with Crippen LogP contribution in [0.5, 0.6) is 0 Å². The number of ketones is 2. The van der Waals surface area contributed by atoms with Crippen LogP contribution >= 0.6 is 0 Å². The zero-order valence-electron chi connectivity index (χ0n) is 9.33. The van der Waals surface area contributed by atoms with E-state index in [1.165, 1.54) is 12.2 Å². The number of carbonyl (C=O) groups excluding carboxylic acids is 2. The highest BCUT2D eigenvalue weighted by atomic mass is 16.1. The summed E-state index contributed by atoms with van der Waals surface area (Å²) in [5.41, 5.74) is 1.01. The fourth-order valence-corrected chi connectivity index (χ4v) is 1.98. The maximum atomic E-state index is 11.6. The average Bonchev–Trinajstić information content (AvgIpc) is 2.44. The summed E-state index contributed by atoms with van der Waals surface area (Å²) in [6, 6.07) is 11.3. The van der Waals surface area contributed by atoms with E-state index in [2.05, 4.69) is 0 Å². The number of nitrogens with zero attached hydrogens (tertiary/aromatic N) is 2. The fourth-order valence-electron chi connectivity index (χ4n) is 1.98. The van der Waals surface area contributed by atoms with Crippen molar-refractivity contribution in [2.75, 3.05) is 0 Å². The quantitative estimate of drug-likeness (QED) is 0.658. The zero-order valence-corrected chi connectivity index (χ0v) is 9.33. The maximum Gasteiger partial charge on any atom is 0.186 e. The summed E-state index contributed by atoms with van der Waals surface area (Å²) < 4.78 is 0. The van der Waals surface area contributed by atoms with E-state index in [0.717, 1.165) is 10.8 Å². The second kappa shape index (κ2) is 4.60. The first-order chi connectivity index (χ1) is 8.75. The fraction of sp³-hybridized carbons (Fsp3) is 0. The molecule has 0 unspecified atom stereocenters. The Morgan fingerprint density at radius 3 is 1.50 bits per heavy atom. The first-order valence-electron chi connectivity index (χ1n) is 5.25. The lowest BCUT2D eigenvalue weighted by molar-refractivity contribution is 0.0994. The topological polar surface area (TPSA) is 81.7 Å². The van der Waals surface area contributed by atoms with Crippen LogP contribution in [0, 0.1) is 10.8 Å². The minimum Gasteiger partial charge on any atom is -0.289 e. The summed E-state index contributed by atoms with van der Waals surface area (Å²) in [5.74, 6) is -0.194. The van der Waals surface area contributed by atoms with Gasteiger partial charge in [-0.15, -0.1) is 0 Å². The number of carbonyl (C=O) groups is 2. The van der Waals surface area contributed by atoms with E-state index >= 15 is 0 Å². The molecule has 18 heavy (non-hydrogen) atoms. The van der Waals surface area contributed by atoms with Crippen LogP contribution in [-0.2, 0) is 0 Å². The zero-order chi connectivity index (χ0) is 13.1. The minimum absolute atomic E-state index is 0.0969. The molecule has 4 heteroatoms. The Hall–Kier alpha value is -2.80. The molecule has 4 nitrogen and oxygen atoms in total. The molecule has 0 fully saturated rings. The number of hydrogen-bond donors (Lipinski definition) is 0. The van der Waals surface area contributed by atoms with Gasteiger partial charge in [0.05, 0.1) is 0 Å². The third kappa shape index (κ3) is 1.78. The van der Waals surface area contributed by atoms with Crippen LogP contribution in [0.3, 0.4) is 0 Å². The van der Waals surface area contributed by atoms with Gasteiger partial charge in [-0.3, -0.25) is 9.59 Å². The van der Waals surface area contributed by atoms with Crippen molar-refractivity contribution in [1.29, 1.82) is 10.8 Å². The Morgan fingerprint density at radius 2 is 1.11 bits per heavy atom. The van der Waals surface area contributed by atoms with Gasteiger partial charge in [-0.1, -0.05) is 24.3 Å². The predicted octanol–water partition coefficient (Wildman–Crippen LogP) is 2.81. The Morgan fingerprint density at radius 1 is 0.722 bits per heavy atom. The van der Waals surface area contributed by atoms with Crippen LogP contribution in [-0.4, -0.2) is 11.6 Å². The molecule has 0 bridgehead atoms. The molecule has 0 spiro atoms. The van der Waals surface area contributed by atoms with E-state index in [9.17, 15) is 9.59 Å². The van der Waals surface area contributed by atoms with Gasteiger partial charge in [0.2, 0.25) is 0 Å². The van der Waals surface area contributed by atoms with E-state index in [-0.39, 0.29) is 11.6 Å². The van der Waals surface area contributed by atoms with E-state index in [4.69, 9.17) is 10.8 Å². The van der Waals surface area contributed by atoms with Crippen molar-refractivity contribution in [3.63, 3.8) is 0 Å². The molecule has 0 heterocycles. The summed E-state index contributed by atoms with van der Waals surface area (Å²) in [5, 5.41) is 14.0. The minimum atomic E-state index is -0.0969. The lowest BCUT2D eigenvalue weighted by Gasteiger charge is -2.10. The number of benzene rings is 2. The van der Waals surface area contributed by atoms with Crippen LogP contribution < -0.4 is 0 Å². The third-order valence-electron chi connectivity index (χ3n) is 2.80. The van der Waals surface area contributed by atoms with E-state index in [1.807, 2.05) is 24.3 Å². The number of allylic oxidation sites excluding steroid dienone is 2. The maximum absolute atomic E-state index is 11.6. The monoisotopic (exact) mass is 236 g/mol. The Labute approximate surface area is 103 Å². The second-order valence-corrected chi connectivity index (χ2v) is 3.81. The molecule has 0 radical (unpaired) electrons. The van der Waals surface area contributed by atoms with Gasteiger partial charge < -0.3 is 0 Å². The largest absolute Gasteiger partial charge is 0.289 e. The molecule has 3 rings (SSSR count). The van der Waals surface area contributed by atoms with Crippen LogP contribution in [0.15, 0.2) is 48.6 Å². The summed E-state index contributed by atoms with van der Waals surface area (Å²) in [7, 11) is 0. The first kappa shape index (κ1) is 11.7. The molecular weight excluding hydrogens is 228 g/mol. The summed E-state index contributed by atoms with van der Waals surface area (Å²) in [6.07, 6.45) is 2.67. The van der Waals surface area contributed by atoms with Gasteiger partial charge in [0.25, 0.3) is 0 Å². The molecule has 1 aliphatic rings. The SMILES string of the molecule is N#N.O=C1C=CC(=O)c2cc3ccccc3cc21. The van der Waals surface area contributed by atoms with Crippen LogP contribution in [0.1, 0.15) is 20.7 Å². The van der Waals surface area contributed by atoms with Crippen molar-refractivity contribution in [1.82, 2.24) is 0 Å².